The Morgan fingerprint density at radius 2 is 1.89 bits per heavy atom. The van der Waals surface area contributed by atoms with E-state index in [0.29, 0.717) is 11.1 Å². The van der Waals surface area contributed by atoms with Crippen molar-refractivity contribution in [3.05, 3.63) is 35.4 Å². The lowest BCUT2D eigenvalue weighted by atomic mass is 10.2. The molecule has 102 valence electrons. The molecular formula is C12H14F2N4S. The summed E-state index contributed by atoms with van der Waals surface area (Å²) in [5.74, 6) is -0.678. The van der Waals surface area contributed by atoms with Gasteiger partial charge < -0.3 is 5.73 Å². The van der Waals surface area contributed by atoms with Crippen molar-refractivity contribution in [2.75, 3.05) is 5.73 Å². The van der Waals surface area contributed by atoms with Crippen LogP contribution >= 0.6 is 11.8 Å². The standard InChI is InChI=1S/C12H14F2N4S/c1-7(2)18-11(15)16-17-12(18)19-6-8-9(13)4-3-5-10(8)14/h3-5,7H,6H2,1-2H3,(H2,15,16). The molecule has 2 aromatic rings. The Morgan fingerprint density at radius 3 is 2.47 bits per heavy atom. The summed E-state index contributed by atoms with van der Waals surface area (Å²) in [5, 5.41) is 8.25. The van der Waals surface area contributed by atoms with Gasteiger partial charge in [-0.05, 0) is 26.0 Å². The molecular weight excluding hydrogens is 270 g/mol. The molecule has 0 aliphatic carbocycles. The van der Waals surface area contributed by atoms with Gasteiger partial charge in [0.25, 0.3) is 0 Å². The van der Waals surface area contributed by atoms with Crippen molar-refractivity contribution in [2.45, 2.75) is 30.8 Å². The van der Waals surface area contributed by atoms with Crippen molar-refractivity contribution in [2.24, 2.45) is 0 Å². The molecule has 0 aliphatic heterocycles. The lowest BCUT2D eigenvalue weighted by Crippen LogP contribution is -2.07. The second-order valence-electron chi connectivity index (χ2n) is 4.29. The number of hydrogen-bond donors (Lipinski definition) is 1. The number of nitrogens with two attached hydrogens (primary N) is 1. The van der Waals surface area contributed by atoms with Crippen LogP contribution in [-0.4, -0.2) is 14.8 Å². The van der Waals surface area contributed by atoms with Crippen LogP contribution in [0, 0.1) is 11.6 Å². The van der Waals surface area contributed by atoms with Gasteiger partial charge >= 0.3 is 0 Å². The van der Waals surface area contributed by atoms with Crippen LogP contribution < -0.4 is 5.73 Å². The summed E-state index contributed by atoms with van der Waals surface area (Å²) in [6.07, 6.45) is 0. The molecule has 1 aromatic carbocycles. The quantitative estimate of drug-likeness (QED) is 0.877. The van der Waals surface area contributed by atoms with Crippen molar-refractivity contribution in [1.29, 1.82) is 0 Å². The third-order valence-electron chi connectivity index (χ3n) is 2.61. The average molecular weight is 284 g/mol. The third-order valence-corrected chi connectivity index (χ3v) is 3.58. The van der Waals surface area contributed by atoms with E-state index in [0.717, 1.165) is 0 Å². The molecule has 1 heterocycles. The summed E-state index contributed by atoms with van der Waals surface area (Å²) in [6.45, 7) is 3.88. The Labute approximate surface area is 114 Å². The van der Waals surface area contributed by atoms with Crippen LogP contribution in [0.4, 0.5) is 14.7 Å². The van der Waals surface area contributed by atoms with Crippen LogP contribution in [0.5, 0.6) is 0 Å². The summed E-state index contributed by atoms with van der Waals surface area (Å²) < 4.78 is 28.7. The largest absolute Gasteiger partial charge is 0.368 e. The Bertz CT molecular complexity index is 563. The van der Waals surface area contributed by atoms with Gasteiger partial charge in [0.2, 0.25) is 5.95 Å². The number of anilines is 1. The smallest absolute Gasteiger partial charge is 0.222 e. The maximum Gasteiger partial charge on any atom is 0.222 e. The predicted octanol–water partition coefficient (Wildman–Crippen LogP) is 3.01. The highest BCUT2D eigenvalue weighted by Gasteiger charge is 2.15. The molecule has 19 heavy (non-hydrogen) atoms. The number of hydrogen-bond acceptors (Lipinski definition) is 4. The van der Waals surface area contributed by atoms with E-state index in [1.54, 1.807) is 4.57 Å². The zero-order chi connectivity index (χ0) is 14.0. The van der Waals surface area contributed by atoms with Gasteiger partial charge in [-0.2, -0.15) is 0 Å². The zero-order valence-corrected chi connectivity index (χ0v) is 11.4. The summed E-state index contributed by atoms with van der Waals surface area (Å²) >= 11 is 1.21. The van der Waals surface area contributed by atoms with Gasteiger partial charge in [0, 0.05) is 17.4 Å². The molecule has 2 rings (SSSR count). The molecule has 7 heteroatoms. The minimum absolute atomic E-state index is 0.0318. The number of aromatic nitrogens is 3. The molecule has 2 N–H and O–H groups in total. The lowest BCUT2D eigenvalue weighted by Gasteiger charge is -2.11. The minimum atomic E-state index is -0.559. The highest BCUT2D eigenvalue weighted by molar-refractivity contribution is 7.98. The van der Waals surface area contributed by atoms with Crippen LogP contribution in [0.3, 0.4) is 0 Å². The van der Waals surface area contributed by atoms with Gasteiger partial charge in [-0.1, -0.05) is 17.8 Å². The van der Waals surface area contributed by atoms with E-state index in [1.165, 1.54) is 30.0 Å². The second kappa shape index (κ2) is 5.56. The van der Waals surface area contributed by atoms with Gasteiger partial charge in [-0.3, -0.25) is 4.57 Å². The molecule has 4 nitrogen and oxygen atoms in total. The van der Waals surface area contributed by atoms with E-state index < -0.39 is 11.6 Å². The number of benzene rings is 1. The molecule has 0 saturated heterocycles. The topological polar surface area (TPSA) is 56.7 Å². The molecule has 0 unspecified atom stereocenters. The fourth-order valence-electron chi connectivity index (χ4n) is 1.68. The maximum atomic E-state index is 13.5. The summed E-state index contributed by atoms with van der Waals surface area (Å²) in [7, 11) is 0. The molecule has 1 aromatic heterocycles. The number of thioether (sulfide) groups is 1. The first-order valence-corrected chi connectivity index (χ1v) is 6.75. The highest BCUT2D eigenvalue weighted by Crippen LogP contribution is 2.27. The fourth-order valence-corrected chi connectivity index (χ4v) is 2.77. The molecule has 0 aliphatic rings. The monoisotopic (exact) mass is 284 g/mol. The number of rotatable bonds is 4. The van der Waals surface area contributed by atoms with Crippen LogP contribution in [0.15, 0.2) is 23.4 Å². The molecule has 0 bridgehead atoms. The van der Waals surface area contributed by atoms with Crippen LogP contribution in [0.25, 0.3) is 0 Å². The first-order valence-electron chi connectivity index (χ1n) is 5.76. The summed E-state index contributed by atoms with van der Waals surface area (Å²) in [6, 6.07) is 3.90. The predicted molar refractivity (Wildman–Crippen MR) is 70.7 cm³/mol. The van der Waals surface area contributed by atoms with E-state index in [1.807, 2.05) is 13.8 Å². The molecule has 0 amide bonds. The van der Waals surface area contributed by atoms with Gasteiger partial charge in [-0.15, -0.1) is 10.2 Å². The van der Waals surface area contributed by atoms with E-state index in [2.05, 4.69) is 10.2 Å². The molecule has 0 radical (unpaired) electrons. The first kappa shape index (κ1) is 13.8. The Morgan fingerprint density at radius 1 is 1.26 bits per heavy atom. The molecule has 0 spiro atoms. The average Bonchev–Trinajstić information content (AvgIpc) is 2.70. The van der Waals surface area contributed by atoms with Crippen molar-refractivity contribution in [1.82, 2.24) is 14.8 Å². The van der Waals surface area contributed by atoms with Gasteiger partial charge in [0.15, 0.2) is 5.16 Å². The minimum Gasteiger partial charge on any atom is -0.368 e. The van der Waals surface area contributed by atoms with Crippen molar-refractivity contribution in [3.63, 3.8) is 0 Å². The van der Waals surface area contributed by atoms with E-state index in [4.69, 9.17) is 5.73 Å². The van der Waals surface area contributed by atoms with Crippen molar-refractivity contribution < 1.29 is 8.78 Å². The normalized spacial score (nSPS) is 11.2. The maximum absolute atomic E-state index is 13.5. The van der Waals surface area contributed by atoms with Crippen LogP contribution in [-0.2, 0) is 5.75 Å². The van der Waals surface area contributed by atoms with Gasteiger partial charge in [-0.25, -0.2) is 8.78 Å². The van der Waals surface area contributed by atoms with Crippen LogP contribution in [0.2, 0.25) is 0 Å². The number of halogens is 2. The van der Waals surface area contributed by atoms with Crippen molar-refractivity contribution >= 4 is 17.7 Å². The van der Waals surface area contributed by atoms with Gasteiger partial charge in [0.05, 0.1) is 0 Å². The molecule has 0 fully saturated rings. The fraction of sp³-hybridized carbons (Fsp3) is 0.333. The summed E-state index contributed by atoms with van der Waals surface area (Å²) in [4.78, 5) is 0. The third kappa shape index (κ3) is 2.86. The molecule has 0 atom stereocenters. The molecule has 0 saturated carbocycles. The number of nitrogen functional groups attached to an aromatic ring is 1. The lowest BCUT2D eigenvalue weighted by molar-refractivity contribution is 0.555. The van der Waals surface area contributed by atoms with Crippen molar-refractivity contribution in [3.8, 4) is 0 Å². The summed E-state index contributed by atoms with van der Waals surface area (Å²) in [5.41, 5.74) is 5.73. The van der Waals surface area contributed by atoms with E-state index >= 15 is 0 Å². The highest BCUT2D eigenvalue weighted by atomic mass is 32.2. The number of nitrogens with zero attached hydrogens (tertiary/aromatic N) is 3. The Balaban J connectivity index is 2.20. The Hall–Kier alpha value is -1.63. The zero-order valence-electron chi connectivity index (χ0n) is 10.6. The SMILES string of the molecule is CC(C)n1c(N)nnc1SCc1c(F)cccc1F. The van der Waals surface area contributed by atoms with E-state index in [-0.39, 0.29) is 17.4 Å². The second-order valence-corrected chi connectivity index (χ2v) is 5.24. The van der Waals surface area contributed by atoms with E-state index in [9.17, 15) is 8.78 Å². The first-order chi connectivity index (χ1) is 9.00. The Kier molecular flexibility index (Phi) is 4.04. The van der Waals surface area contributed by atoms with Gasteiger partial charge in [0.1, 0.15) is 11.6 Å². The van der Waals surface area contributed by atoms with Crippen LogP contribution in [0.1, 0.15) is 25.5 Å².